The van der Waals surface area contributed by atoms with Crippen molar-refractivity contribution in [1.82, 2.24) is 5.43 Å². The highest BCUT2D eigenvalue weighted by molar-refractivity contribution is 5.31. The molecule has 19 heavy (non-hydrogen) atoms. The maximum atomic E-state index is 5.73. The molecule has 1 aromatic rings. The smallest absolute Gasteiger partial charge is 0.119 e. The van der Waals surface area contributed by atoms with Gasteiger partial charge < -0.3 is 9.47 Å². The van der Waals surface area contributed by atoms with Crippen molar-refractivity contribution in [2.24, 2.45) is 11.3 Å². The summed E-state index contributed by atoms with van der Waals surface area (Å²) in [5.74, 6) is 6.58. The second-order valence-electron chi connectivity index (χ2n) is 5.67. The van der Waals surface area contributed by atoms with Crippen LogP contribution >= 0.6 is 0 Å². The highest BCUT2D eigenvalue weighted by Gasteiger charge is 2.33. The van der Waals surface area contributed by atoms with Crippen LogP contribution in [0.2, 0.25) is 0 Å². The molecule has 4 heteroatoms. The number of benzene rings is 1. The summed E-state index contributed by atoms with van der Waals surface area (Å²) in [4.78, 5) is 0. The van der Waals surface area contributed by atoms with Gasteiger partial charge in [-0.25, -0.2) is 0 Å². The van der Waals surface area contributed by atoms with Crippen molar-refractivity contribution in [3.05, 3.63) is 29.8 Å². The van der Waals surface area contributed by atoms with Gasteiger partial charge in [0.2, 0.25) is 0 Å². The number of ether oxygens (including phenoxy) is 2. The van der Waals surface area contributed by atoms with Crippen molar-refractivity contribution in [3.63, 3.8) is 0 Å². The van der Waals surface area contributed by atoms with Crippen LogP contribution in [0.15, 0.2) is 24.3 Å². The lowest BCUT2D eigenvalue weighted by Gasteiger charge is -2.36. The Balaban J connectivity index is 3.04. The van der Waals surface area contributed by atoms with Crippen molar-refractivity contribution in [3.8, 4) is 5.75 Å². The molecule has 0 aromatic heterocycles. The van der Waals surface area contributed by atoms with Crippen LogP contribution in [0.5, 0.6) is 5.75 Å². The van der Waals surface area contributed by atoms with E-state index in [9.17, 15) is 0 Å². The van der Waals surface area contributed by atoms with Crippen LogP contribution in [0, 0.1) is 5.41 Å². The maximum Gasteiger partial charge on any atom is 0.119 e. The lowest BCUT2D eigenvalue weighted by molar-refractivity contribution is -0.0120. The third-order valence-corrected chi connectivity index (χ3v) is 3.12. The van der Waals surface area contributed by atoms with Gasteiger partial charge in [0.25, 0.3) is 0 Å². The van der Waals surface area contributed by atoms with Crippen LogP contribution in [-0.2, 0) is 4.74 Å². The zero-order valence-electron chi connectivity index (χ0n) is 12.6. The van der Waals surface area contributed by atoms with E-state index in [4.69, 9.17) is 15.3 Å². The Morgan fingerprint density at radius 1 is 1.32 bits per heavy atom. The standard InChI is InChI=1S/C15H26N2O2/c1-6-19-12-9-7-8-11(10-12)13(17-16)14(18-5)15(2,3)4/h7-10,13-14,17H,6,16H2,1-5H3. The zero-order chi connectivity index (χ0) is 14.5. The molecular weight excluding hydrogens is 240 g/mol. The van der Waals surface area contributed by atoms with Gasteiger partial charge in [0, 0.05) is 7.11 Å². The van der Waals surface area contributed by atoms with Crippen molar-refractivity contribution in [1.29, 1.82) is 0 Å². The maximum absolute atomic E-state index is 5.73. The van der Waals surface area contributed by atoms with Gasteiger partial charge in [-0.1, -0.05) is 32.9 Å². The molecule has 2 atom stereocenters. The third kappa shape index (κ3) is 4.20. The topological polar surface area (TPSA) is 56.5 Å². The van der Waals surface area contributed by atoms with Crippen molar-refractivity contribution in [2.45, 2.75) is 39.8 Å². The summed E-state index contributed by atoms with van der Waals surface area (Å²) in [5.41, 5.74) is 3.91. The second-order valence-corrected chi connectivity index (χ2v) is 5.67. The monoisotopic (exact) mass is 266 g/mol. The number of methoxy groups -OCH3 is 1. The molecule has 0 saturated carbocycles. The number of rotatable bonds is 6. The molecule has 0 saturated heterocycles. The van der Waals surface area contributed by atoms with Crippen LogP contribution in [0.1, 0.15) is 39.3 Å². The molecule has 0 radical (unpaired) electrons. The van der Waals surface area contributed by atoms with Crippen molar-refractivity contribution in [2.75, 3.05) is 13.7 Å². The van der Waals surface area contributed by atoms with Crippen molar-refractivity contribution < 1.29 is 9.47 Å². The van der Waals surface area contributed by atoms with E-state index in [0.717, 1.165) is 11.3 Å². The summed E-state index contributed by atoms with van der Waals surface area (Å²) in [5, 5.41) is 0. The van der Waals surface area contributed by atoms with E-state index in [1.165, 1.54) is 0 Å². The predicted molar refractivity (Wildman–Crippen MR) is 77.9 cm³/mol. The first kappa shape index (κ1) is 16.0. The number of nitrogens with one attached hydrogen (secondary N) is 1. The molecule has 0 aliphatic heterocycles. The van der Waals surface area contributed by atoms with Crippen LogP contribution in [0.25, 0.3) is 0 Å². The molecule has 0 spiro atoms. The van der Waals surface area contributed by atoms with Gasteiger partial charge in [-0.3, -0.25) is 11.3 Å². The van der Waals surface area contributed by atoms with Gasteiger partial charge in [0.05, 0.1) is 18.8 Å². The zero-order valence-corrected chi connectivity index (χ0v) is 12.6. The Morgan fingerprint density at radius 3 is 2.47 bits per heavy atom. The van der Waals surface area contributed by atoms with Crippen LogP contribution in [0.3, 0.4) is 0 Å². The Labute approximate surface area is 116 Å². The molecular formula is C15H26N2O2. The molecule has 2 unspecified atom stereocenters. The summed E-state index contributed by atoms with van der Waals surface area (Å²) < 4.78 is 11.2. The Kier molecular flexibility index (Phi) is 5.79. The Hall–Kier alpha value is -1.10. The number of hydrogen-bond acceptors (Lipinski definition) is 4. The predicted octanol–water partition coefficient (Wildman–Crippen LogP) is 2.65. The van der Waals surface area contributed by atoms with E-state index in [0.29, 0.717) is 6.61 Å². The Bertz CT molecular complexity index is 388. The van der Waals surface area contributed by atoms with Gasteiger partial charge in [0.15, 0.2) is 0 Å². The fourth-order valence-electron chi connectivity index (χ4n) is 2.31. The number of hydrazine groups is 1. The number of nitrogens with two attached hydrogens (primary N) is 1. The molecule has 0 aliphatic carbocycles. The molecule has 108 valence electrons. The molecule has 4 nitrogen and oxygen atoms in total. The molecule has 0 amide bonds. The lowest BCUT2D eigenvalue weighted by Crippen LogP contribution is -2.44. The first-order chi connectivity index (χ1) is 8.93. The molecule has 0 heterocycles. The minimum Gasteiger partial charge on any atom is -0.494 e. The molecule has 0 fully saturated rings. The fourth-order valence-corrected chi connectivity index (χ4v) is 2.31. The quantitative estimate of drug-likeness (QED) is 0.614. The van der Waals surface area contributed by atoms with Gasteiger partial charge in [0.1, 0.15) is 5.75 Å². The van der Waals surface area contributed by atoms with E-state index in [-0.39, 0.29) is 17.6 Å². The molecule has 0 bridgehead atoms. The van der Waals surface area contributed by atoms with E-state index in [1.807, 2.05) is 31.2 Å². The molecule has 0 aliphatic rings. The minimum atomic E-state index is -0.0783. The summed E-state index contributed by atoms with van der Waals surface area (Å²) in [6.45, 7) is 9.03. The summed E-state index contributed by atoms with van der Waals surface area (Å²) >= 11 is 0. The van der Waals surface area contributed by atoms with Gasteiger partial charge >= 0.3 is 0 Å². The van der Waals surface area contributed by atoms with Gasteiger partial charge in [-0.05, 0) is 30.0 Å². The molecule has 3 N–H and O–H groups in total. The minimum absolute atomic E-state index is 0.0204. The van der Waals surface area contributed by atoms with Crippen molar-refractivity contribution >= 4 is 0 Å². The summed E-state index contributed by atoms with van der Waals surface area (Å²) in [6, 6.07) is 7.88. The van der Waals surface area contributed by atoms with Crippen LogP contribution < -0.4 is 16.0 Å². The summed E-state index contributed by atoms with van der Waals surface area (Å²) in [7, 11) is 1.71. The highest BCUT2D eigenvalue weighted by Crippen LogP contribution is 2.33. The highest BCUT2D eigenvalue weighted by atomic mass is 16.5. The first-order valence-electron chi connectivity index (χ1n) is 6.65. The Morgan fingerprint density at radius 2 is 2.00 bits per heavy atom. The normalized spacial score (nSPS) is 15.1. The largest absolute Gasteiger partial charge is 0.494 e. The third-order valence-electron chi connectivity index (χ3n) is 3.12. The first-order valence-corrected chi connectivity index (χ1v) is 6.65. The SMILES string of the molecule is CCOc1cccc(C(NN)C(OC)C(C)(C)C)c1. The van der Waals surface area contributed by atoms with Crippen LogP contribution in [0.4, 0.5) is 0 Å². The van der Waals surface area contributed by atoms with E-state index < -0.39 is 0 Å². The average Bonchev–Trinajstić information content (AvgIpc) is 2.35. The van der Waals surface area contributed by atoms with Crippen LogP contribution in [-0.4, -0.2) is 19.8 Å². The molecule has 1 aromatic carbocycles. The second kappa shape index (κ2) is 6.89. The van der Waals surface area contributed by atoms with E-state index in [1.54, 1.807) is 7.11 Å². The van der Waals surface area contributed by atoms with Gasteiger partial charge in [-0.2, -0.15) is 0 Å². The summed E-state index contributed by atoms with van der Waals surface area (Å²) in [6.07, 6.45) is -0.0330. The number of hydrogen-bond donors (Lipinski definition) is 2. The fraction of sp³-hybridized carbons (Fsp3) is 0.600. The van der Waals surface area contributed by atoms with E-state index in [2.05, 4.69) is 26.2 Å². The van der Waals surface area contributed by atoms with Gasteiger partial charge in [-0.15, -0.1) is 0 Å². The van der Waals surface area contributed by atoms with E-state index >= 15 is 0 Å². The lowest BCUT2D eigenvalue weighted by atomic mass is 9.82. The average molecular weight is 266 g/mol. The molecule has 1 rings (SSSR count).